The molecule has 0 saturated heterocycles. The van der Waals surface area contributed by atoms with Crippen LogP contribution in [-0.2, 0) is 43.2 Å². The Balaban J connectivity index is 1.40. The van der Waals surface area contributed by atoms with Crippen LogP contribution in [0.4, 0.5) is 5.69 Å². The molecular formula is C35H33N3O6. The molecule has 3 amide bonds. The van der Waals surface area contributed by atoms with Gasteiger partial charge in [-0.15, -0.1) is 0 Å². The van der Waals surface area contributed by atoms with E-state index in [2.05, 4.69) is 16.0 Å². The molecule has 0 aliphatic carbocycles. The first-order valence-electron chi connectivity index (χ1n) is 14.3. The zero-order valence-electron chi connectivity index (χ0n) is 24.2. The van der Waals surface area contributed by atoms with Crippen molar-refractivity contribution in [1.29, 1.82) is 0 Å². The Bertz CT molecular complexity index is 1640. The predicted molar refractivity (Wildman–Crippen MR) is 165 cm³/mol. The Labute approximate surface area is 255 Å². The van der Waals surface area contributed by atoms with E-state index in [1.54, 1.807) is 24.3 Å². The second-order valence-electron chi connectivity index (χ2n) is 10.8. The first-order valence-corrected chi connectivity index (χ1v) is 14.3. The maximum absolute atomic E-state index is 13.9. The quantitative estimate of drug-likeness (QED) is 0.163. The highest BCUT2D eigenvalue weighted by Crippen LogP contribution is 2.35. The molecule has 1 heterocycles. The van der Waals surface area contributed by atoms with Gasteiger partial charge in [0.15, 0.2) is 0 Å². The monoisotopic (exact) mass is 591 g/mol. The third-order valence-corrected chi connectivity index (χ3v) is 7.36. The molecule has 0 saturated carbocycles. The highest BCUT2D eigenvalue weighted by atomic mass is 16.5. The Hall–Kier alpha value is -5.44. The predicted octanol–water partition coefficient (Wildman–Crippen LogP) is 3.93. The molecule has 0 fully saturated rings. The molecule has 0 unspecified atom stereocenters. The standard InChI is InChI=1S/C35H33N3O6/c1-22-12-14-25(15-13-22)19-30(40)36-29(18-23-8-4-2-5-9-23)34(42)38-32-27-21-26(39)16-17-28(27)37-35(43)33(32)44-31(41)20-24-10-6-3-7-11-24/h2-17,21,29,32-33,39H,18-20H2,1H3,(H,36,40)(H,37,43)(H,38,42)/t29-,32-,33+/m0/s1. The van der Waals surface area contributed by atoms with Gasteiger partial charge in [-0.2, -0.15) is 0 Å². The van der Waals surface area contributed by atoms with Gasteiger partial charge in [0.1, 0.15) is 17.8 Å². The number of anilines is 1. The number of rotatable bonds is 10. The summed E-state index contributed by atoms with van der Waals surface area (Å²) in [6.07, 6.45) is -1.26. The van der Waals surface area contributed by atoms with E-state index in [1.807, 2.05) is 67.6 Å². The highest BCUT2D eigenvalue weighted by molar-refractivity contribution is 6.00. The summed E-state index contributed by atoms with van der Waals surface area (Å²) in [6.45, 7) is 1.96. The van der Waals surface area contributed by atoms with Crippen LogP contribution in [0.2, 0.25) is 0 Å². The van der Waals surface area contributed by atoms with Crippen molar-refractivity contribution in [2.45, 2.75) is 44.4 Å². The van der Waals surface area contributed by atoms with E-state index in [4.69, 9.17) is 4.74 Å². The van der Waals surface area contributed by atoms with Gasteiger partial charge in [0.25, 0.3) is 5.91 Å². The van der Waals surface area contributed by atoms with Gasteiger partial charge in [0.05, 0.1) is 12.8 Å². The van der Waals surface area contributed by atoms with Gasteiger partial charge in [-0.1, -0.05) is 90.5 Å². The summed E-state index contributed by atoms with van der Waals surface area (Å²) in [7, 11) is 0. The van der Waals surface area contributed by atoms with E-state index in [0.717, 1.165) is 16.7 Å². The molecule has 5 rings (SSSR count). The summed E-state index contributed by atoms with van der Waals surface area (Å²) in [6, 6.07) is 27.9. The van der Waals surface area contributed by atoms with E-state index < -0.39 is 36.0 Å². The largest absolute Gasteiger partial charge is 0.508 e. The number of fused-ring (bicyclic) bond motifs is 1. The number of hydrogen-bond donors (Lipinski definition) is 4. The molecule has 0 radical (unpaired) electrons. The van der Waals surface area contributed by atoms with Gasteiger partial charge in [0, 0.05) is 17.7 Å². The van der Waals surface area contributed by atoms with Crippen molar-refractivity contribution in [2.24, 2.45) is 0 Å². The minimum Gasteiger partial charge on any atom is -0.508 e. The van der Waals surface area contributed by atoms with Crippen LogP contribution in [-0.4, -0.2) is 40.9 Å². The summed E-state index contributed by atoms with van der Waals surface area (Å²) in [5, 5.41) is 18.6. The van der Waals surface area contributed by atoms with Gasteiger partial charge >= 0.3 is 5.97 Å². The van der Waals surface area contributed by atoms with Crippen LogP contribution in [0, 0.1) is 6.92 Å². The number of benzene rings is 4. The SMILES string of the molecule is Cc1ccc(CC(=O)N[C@@H](Cc2ccccc2)C(=O)N[C@H]2c3cc(O)ccc3NC(=O)[C@@H]2OC(=O)Cc2ccccc2)cc1. The lowest BCUT2D eigenvalue weighted by Crippen LogP contribution is -2.54. The second-order valence-corrected chi connectivity index (χ2v) is 10.8. The lowest BCUT2D eigenvalue weighted by molar-refractivity contribution is -0.156. The van der Waals surface area contributed by atoms with E-state index >= 15 is 0 Å². The molecule has 224 valence electrons. The maximum atomic E-state index is 13.9. The van der Waals surface area contributed by atoms with Crippen LogP contribution in [0.3, 0.4) is 0 Å². The lowest BCUT2D eigenvalue weighted by atomic mass is 9.93. The molecular weight excluding hydrogens is 558 g/mol. The summed E-state index contributed by atoms with van der Waals surface area (Å²) in [4.78, 5) is 53.2. The van der Waals surface area contributed by atoms with Gasteiger partial charge in [0.2, 0.25) is 17.9 Å². The van der Waals surface area contributed by atoms with Gasteiger partial charge in [-0.25, -0.2) is 0 Å². The third kappa shape index (κ3) is 7.69. The minimum absolute atomic E-state index is 0.0705. The van der Waals surface area contributed by atoms with Crippen LogP contribution in [0.5, 0.6) is 5.75 Å². The normalized spacial score (nSPS) is 16.2. The Morgan fingerprint density at radius 3 is 2.16 bits per heavy atom. The van der Waals surface area contributed by atoms with Crippen LogP contribution >= 0.6 is 0 Å². The third-order valence-electron chi connectivity index (χ3n) is 7.36. The van der Waals surface area contributed by atoms with Gasteiger partial charge in [-0.05, 0) is 41.8 Å². The number of aromatic hydroxyl groups is 1. The molecule has 4 aromatic rings. The molecule has 9 heteroatoms. The van der Waals surface area contributed by atoms with Crippen LogP contribution in [0.1, 0.15) is 33.9 Å². The van der Waals surface area contributed by atoms with Gasteiger partial charge in [-0.3, -0.25) is 19.2 Å². The van der Waals surface area contributed by atoms with Crippen LogP contribution < -0.4 is 16.0 Å². The number of hydrogen-bond acceptors (Lipinski definition) is 6. The molecule has 0 spiro atoms. The van der Waals surface area contributed by atoms with Crippen molar-refractivity contribution < 1.29 is 29.0 Å². The first-order chi connectivity index (χ1) is 21.2. The molecule has 0 aromatic heterocycles. The fraction of sp³-hybridized carbons (Fsp3) is 0.200. The smallest absolute Gasteiger partial charge is 0.311 e. The summed E-state index contributed by atoms with van der Waals surface area (Å²) in [5.74, 6) is -2.32. The Kier molecular flexibility index (Phi) is 9.34. The van der Waals surface area contributed by atoms with E-state index in [1.165, 1.54) is 18.2 Å². The lowest BCUT2D eigenvalue weighted by Gasteiger charge is -2.34. The zero-order valence-corrected chi connectivity index (χ0v) is 24.2. The van der Waals surface area contributed by atoms with E-state index in [-0.39, 0.29) is 30.9 Å². The molecule has 3 atom stereocenters. The molecule has 1 aliphatic rings. The fourth-order valence-electron chi connectivity index (χ4n) is 5.11. The van der Waals surface area contributed by atoms with Crippen molar-refractivity contribution in [2.75, 3.05) is 5.32 Å². The number of phenols is 1. The average molecular weight is 592 g/mol. The number of amides is 3. The first kappa shape index (κ1) is 30.0. The number of nitrogens with one attached hydrogen (secondary N) is 3. The van der Waals surface area contributed by atoms with Crippen molar-refractivity contribution in [3.63, 3.8) is 0 Å². The molecule has 9 nitrogen and oxygen atoms in total. The topological polar surface area (TPSA) is 134 Å². The van der Waals surface area contributed by atoms with Crippen molar-refractivity contribution in [3.05, 3.63) is 131 Å². The summed E-state index contributed by atoms with van der Waals surface area (Å²) >= 11 is 0. The number of aryl methyl sites for hydroxylation is 1. The molecule has 44 heavy (non-hydrogen) atoms. The second kappa shape index (κ2) is 13.7. The van der Waals surface area contributed by atoms with Crippen molar-refractivity contribution >= 4 is 29.4 Å². The molecule has 4 aromatic carbocycles. The molecule has 4 N–H and O–H groups in total. The number of phenolic OH excluding ortho intramolecular Hbond substituents is 1. The Morgan fingerprint density at radius 2 is 1.48 bits per heavy atom. The maximum Gasteiger partial charge on any atom is 0.311 e. The highest BCUT2D eigenvalue weighted by Gasteiger charge is 2.41. The van der Waals surface area contributed by atoms with Crippen molar-refractivity contribution in [1.82, 2.24) is 10.6 Å². The zero-order chi connectivity index (χ0) is 31.1. The van der Waals surface area contributed by atoms with Crippen molar-refractivity contribution in [3.8, 4) is 5.75 Å². The minimum atomic E-state index is -1.43. The van der Waals surface area contributed by atoms with E-state index in [9.17, 15) is 24.3 Å². The number of esters is 1. The molecule has 1 aliphatic heterocycles. The molecule has 0 bridgehead atoms. The number of ether oxygens (including phenoxy) is 1. The van der Waals surface area contributed by atoms with Crippen LogP contribution in [0.15, 0.2) is 103 Å². The van der Waals surface area contributed by atoms with Crippen LogP contribution in [0.25, 0.3) is 0 Å². The average Bonchev–Trinajstić information content (AvgIpc) is 3.01. The number of carbonyl (C=O) groups excluding carboxylic acids is 4. The summed E-state index contributed by atoms with van der Waals surface area (Å²) < 4.78 is 5.65. The summed E-state index contributed by atoms with van der Waals surface area (Å²) in [5.41, 5.74) is 4.10. The van der Waals surface area contributed by atoms with Gasteiger partial charge < -0.3 is 25.8 Å². The number of carbonyl (C=O) groups is 4. The Morgan fingerprint density at radius 1 is 0.841 bits per heavy atom. The fourth-order valence-corrected chi connectivity index (χ4v) is 5.11. The van der Waals surface area contributed by atoms with E-state index in [0.29, 0.717) is 16.8 Å².